The lowest BCUT2D eigenvalue weighted by Crippen LogP contribution is -2.33. The number of nitrogens with one attached hydrogen (secondary N) is 1. The molecule has 160 valence electrons. The number of benzene rings is 3. The standard InChI is InChI=1S/C26H27NO4/c1-3-23(19-10-6-4-7-11-19)26(29)31-18-24(28)27-25(20-12-8-5-9-13-20)21-14-16-22(30-2)17-15-21/h4-17,23,25H,3,18H2,1-2H3,(H,27,28)/t23-,25-/m0/s1. The molecule has 31 heavy (non-hydrogen) atoms. The molecule has 1 amide bonds. The Morgan fingerprint density at radius 3 is 1.90 bits per heavy atom. The summed E-state index contributed by atoms with van der Waals surface area (Å²) in [6.07, 6.45) is 0.600. The first-order valence-corrected chi connectivity index (χ1v) is 10.3. The Morgan fingerprint density at radius 2 is 1.35 bits per heavy atom. The van der Waals surface area contributed by atoms with Gasteiger partial charge < -0.3 is 14.8 Å². The Labute approximate surface area is 183 Å². The van der Waals surface area contributed by atoms with Crippen molar-refractivity contribution < 1.29 is 19.1 Å². The molecule has 0 heterocycles. The number of carbonyl (C=O) groups is 2. The number of ether oxygens (including phenoxy) is 2. The van der Waals surface area contributed by atoms with Crippen LogP contribution < -0.4 is 10.1 Å². The van der Waals surface area contributed by atoms with Gasteiger partial charge in [0.15, 0.2) is 6.61 Å². The molecule has 3 aromatic rings. The minimum atomic E-state index is -0.399. The summed E-state index contributed by atoms with van der Waals surface area (Å²) in [7, 11) is 1.61. The van der Waals surface area contributed by atoms with Gasteiger partial charge in [0.05, 0.1) is 19.1 Å². The summed E-state index contributed by atoms with van der Waals surface area (Å²) in [5.74, 6) is -0.409. The van der Waals surface area contributed by atoms with Gasteiger partial charge in [0.25, 0.3) is 5.91 Å². The molecule has 1 N–H and O–H groups in total. The third-order valence-corrected chi connectivity index (χ3v) is 5.13. The van der Waals surface area contributed by atoms with Crippen molar-refractivity contribution in [2.75, 3.05) is 13.7 Å². The van der Waals surface area contributed by atoms with Gasteiger partial charge in [-0.25, -0.2) is 0 Å². The molecule has 0 saturated heterocycles. The zero-order valence-electron chi connectivity index (χ0n) is 17.8. The Balaban J connectivity index is 1.68. The van der Waals surface area contributed by atoms with E-state index in [0.717, 1.165) is 22.4 Å². The number of hydrogen-bond donors (Lipinski definition) is 1. The third kappa shape index (κ3) is 5.95. The van der Waals surface area contributed by atoms with E-state index in [0.29, 0.717) is 6.42 Å². The van der Waals surface area contributed by atoms with Gasteiger partial charge >= 0.3 is 5.97 Å². The topological polar surface area (TPSA) is 64.6 Å². The molecule has 3 aromatic carbocycles. The first-order valence-electron chi connectivity index (χ1n) is 10.3. The Morgan fingerprint density at radius 1 is 0.806 bits per heavy atom. The molecule has 0 radical (unpaired) electrons. The molecule has 0 spiro atoms. The van der Waals surface area contributed by atoms with Gasteiger partial charge in [-0.2, -0.15) is 0 Å². The summed E-state index contributed by atoms with van der Waals surface area (Å²) >= 11 is 0. The van der Waals surface area contributed by atoms with Crippen LogP contribution in [-0.4, -0.2) is 25.6 Å². The monoisotopic (exact) mass is 417 g/mol. The lowest BCUT2D eigenvalue weighted by Gasteiger charge is -2.21. The fraction of sp³-hybridized carbons (Fsp3) is 0.231. The Bertz CT molecular complexity index is 971. The van der Waals surface area contributed by atoms with Gasteiger partial charge in [-0.05, 0) is 35.2 Å². The minimum absolute atomic E-state index is 0.332. The van der Waals surface area contributed by atoms with Crippen LogP contribution in [0.2, 0.25) is 0 Å². The van der Waals surface area contributed by atoms with E-state index in [9.17, 15) is 9.59 Å². The van der Waals surface area contributed by atoms with Crippen LogP contribution in [-0.2, 0) is 14.3 Å². The molecule has 5 nitrogen and oxygen atoms in total. The van der Waals surface area contributed by atoms with Crippen LogP contribution in [0.5, 0.6) is 5.75 Å². The highest BCUT2D eigenvalue weighted by atomic mass is 16.5. The fourth-order valence-corrected chi connectivity index (χ4v) is 3.46. The molecule has 0 bridgehead atoms. The lowest BCUT2D eigenvalue weighted by atomic mass is 9.97. The van der Waals surface area contributed by atoms with Crippen molar-refractivity contribution in [2.45, 2.75) is 25.3 Å². The van der Waals surface area contributed by atoms with E-state index in [-0.39, 0.29) is 24.5 Å². The second-order valence-corrected chi connectivity index (χ2v) is 7.16. The summed E-state index contributed by atoms with van der Waals surface area (Å²) in [6.45, 7) is 1.59. The normalized spacial score (nSPS) is 12.5. The molecule has 0 aromatic heterocycles. The van der Waals surface area contributed by atoms with E-state index in [4.69, 9.17) is 9.47 Å². The van der Waals surface area contributed by atoms with Crippen molar-refractivity contribution in [1.82, 2.24) is 5.32 Å². The lowest BCUT2D eigenvalue weighted by molar-refractivity contribution is -0.150. The first-order chi connectivity index (χ1) is 15.1. The van der Waals surface area contributed by atoms with Crippen molar-refractivity contribution in [1.29, 1.82) is 0 Å². The molecule has 0 aliphatic carbocycles. The summed E-state index contributed by atoms with van der Waals surface area (Å²) in [5.41, 5.74) is 2.72. The Hall–Kier alpha value is -3.60. The van der Waals surface area contributed by atoms with Crippen LogP contribution in [0.1, 0.15) is 42.0 Å². The highest BCUT2D eigenvalue weighted by Gasteiger charge is 2.22. The van der Waals surface area contributed by atoms with E-state index in [2.05, 4.69) is 5.32 Å². The SMILES string of the molecule is CC[C@H](C(=O)OCC(=O)N[C@@H](c1ccccc1)c1ccc(OC)cc1)c1ccccc1. The average molecular weight is 418 g/mol. The molecular weight excluding hydrogens is 390 g/mol. The van der Waals surface area contributed by atoms with E-state index in [1.165, 1.54) is 0 Å². The maximum Gasteiger partial charge on any atom is 0.313 e. The maximum atomic E-state index is 12.7. The molecule has 0 aliphatic rings. The first kappa shape index (κ1) is 22.1. The number of rotatable bonds is 9. The van der Waals surface area contributed by atoms with Gasteiger partial charge in [0.1, 0.15) is 5.75 Å². The van der Waals surface area contributed by atoms with Gasteiger partial charge in [0.2, 0.25) is 0 Å². The van der Waals surface area contributed by atoms with Crippen LogP contribution >= 0.6 is 0 Å². The molecule has 0 fully saturated rings. The van der Waals surface area contributed by atoms with Crippen LogP contribution in [0.4, 0.5) is 0 Å². The van der Waals surface area contributed by atoms with Crippen LogP contribution in [0, 0.1) is 0 Å². The molecule has 0 aliphatic heterocycles. The van der Waals surface area contributed by atoms with Crippen molar-refractivity contribution in [2.24, 2.45) is 0 Å². The molecule has 0 saturated carbocycles. The number of hydrogen-bond acceptors (Lipinski definition) is 4. The summed E-state index contributed by atoms with van der Waals surface area (Å²) < 4.78 is 10.6. The van der Waals surface area contributed by atoms with Gasteiger partial charge in [-0.15, -0.1) is 0 Å². The second kappa shape index (κ2) is 11.0. The number of esters is 1. The van der Waals surface area contributed by atoms with Gasteiger partial charge in [0, 0.05) is 0 Å². The van der Waals surface area contributed by atoms with Crippen LogP contribution in [0.15, 0.2) is 84.9 Å². The third-order valence-electron chi connectivity index (χ3n) is 5.13. The van der Waals surface area contributed by atoms with Crippen molar-refractivity contribution in [3.05, 3.63) is 102 Å². The van der Waals surface area contributed by atoms with Crippen molar-refractivity contribution in [3.8, 4) is 5.75 Å². The zero-order chi connectivity index (χ0) is 22.1. The quantitative estimate of drug-likeness (QED) is 0.515. The van der Waals surface area contributed by atoms with Gasteiger partial charge in [-0.3, -0.25) is 9.59 Å². The molecule has 5 heteroatoms. The molecule has 3 rings (SSSR count). The van der Waals surface area contributed by atoms with Crippen LogP contribution in [0.25, 0.3) is 0 Å². The van der Waals surface area contributed by atoms with E-state index in [1.807, 2.05) is 91.9 Å². The zero-order valence-corrected chi connectivity index (χ0v) is 17.8. The summed E-state index contributed by atoms with van der Waals surface area (Å²) in [4.78, 5) is 25.2. The van der Waals surface area contributed by atoms with Gasteiger partial charge in [-0.1, -0.05) is 79.7 Å². The van der Waals surface area contributed by atoms with E-state index >= 15 is 0 Å². The summed E-state index contributed by atoms with van der Waals surface area (Å²) in [6, 6.07) is 26.3. The Kier molecular flexibility index (Phi) is 7.82. The minimum Gasteiger partial charge on any atom is -0.497 e. The predicted molar refractivity (Wildman–Crippen MR) is 120 cm³/mol. The molecule has 0 unspecified atom stereocenters. The number of amides is 1. The fourth-order valence-electron chi connectivity index (χ4n) is 3.46. The molecule has 2 atom stereocenters. The summed E-state index contributed by atoms with van der Waals surface area (Å²) in [5, 5.41) is 2.98. The van der Waals surface area contributed by atoms with Crippen molar-refractivity contribution in [3.63, 3.8) is 0 Å². The van der Waals surface area contributed by atoms with Crippen LogP contribution in [0.3, 0.4) is 0 Å². The second-order valence-electron chi connectivity index (χ2n) is 7.16. The van der Waals surface area contributed by atoms with E-state index in [1.54, 1.807) is 7.11 Å². The average Bonchev–Trinajstić information content (AvgIpc) is 2.83. The number of carbonyl (C=O) groups excluding carboxylic acids is 2. The highest BCUT2D eigenvalue weighted by Crippen LogP contribution is 2.24. The smallest absolute Gasteiger partial charge is 0.313 e. The highest BCUT2D eigenvalue weighted by molar-refractivity contribution is 5.83. The van der Waals surface area contributed by atoms with Crippen molar-refractivity contribution >= 4 is 11.9 Å². The molecular formula is C26H27NO4. The number of methoxy groups -OCH3 is 1. The predicted octanol–water partition coefficient (Wildman–Crippen LogP) is 4.64. The van der Waals surface area contributed by atoms with E-state index < -0.39 is 5.97 Å². The maximum absolute atomic E-state index is 12.7. The largest absolute Gasteiger partial charge is 0.497 e.